The molecule has 0 bridgehead atoms. The molecule has 13 nitrogen and oxygen atoms in total. The first-order chi connectivity index (χ1) is 25.2. The number of aldehydes is 1. The van der Waals surface area contributed by atoms with Crippen LogP contribution in [0.25, 0.3) is 0 Å². The zero-order chi connectivity index (χ0) is 40.4. The summed E-state index contributed by atoms with van der Waals surface area (Å²) in [5.41, 5.74) is 13.9. The number of nitrogens with one attached hydrogen (secondary N) is 1. The number of nitrogens with two attached hydrogens (primary N) is 3. The van der Waals surface area contributed by atoms with Gasteiger partial charge in [-0.3, -0.25) is 9.59 Å². The maximum atomic E-state index is 13.1. The summed E-state index contributed by atoms with van der Waals surface area (Å²) < 4.78 is 71.7. The van der Waals surface area contributed by atoms with E-state index in [2.05, 4.69) is 16.8 Å². The Morgan fingerprint density at radius 2 is 1.23 bits per heavy atom. The first-order valence-corrected chi connectivity index (χ1v) is 16.7. The molecule has 0 saturated heterocycles. The van der Waals surface area contributed by atoms with Gasteiger partial charge in [-0.05, 0) is 94.4 Å². The van der Waals surface area contributed by atoms with Crippen LogP contribution in [0.1, 0.15) is 45.6 Å². The minimum atomic E-state index is -4.54. The number of benzene rings is 2. The highest BCUT2D eigenvalue weighted by Crippen LogP contribution is 2.36. The zero-order valence-corrected chi connectivity index (χ0v) is 31.5. The van der Waals surface area contributed by atoms with Crippen LogP contribution in [0.2, 0.25) is 5.02 Å². The van der Waals surface area contributed by atoms with E-state index in [0.717, 1.165) is 18.8 Å². The molecule has 53 heavy (non-hydrogen) atoms. The maximum absolute atomic E-state index is 13.1. The van der Waals surface area contributed by atoms with E-state index in [4.69, 9.17) is 55.3 Å². The van der Waals surface area contributed by atoms with Crippen LogP contribution in [0, 0.1) is 0 Å². The van der Waals surface area contributed by atoms with E-state index in [1.165, 1.54) is 18.3 Å². The summed E-state index contributed by atoms with van der Waals surface area (Å²) in [4.78, 5) is 27.3. The number of anilines is 2. The summed E-state index contributed by atoms with van der Waals surface area (Å²) >= 11 is 5.68. The van der Waals surface area contributed by atoms with Crippen LogP contribution in [0.4, 0.5) is 24.5 Å². The van der Waals surface area contributed by atoms with Gasteiger partial charge in [-0.25, -0.2) is 0 Å². The van der Waals surface area contributed by atoms with Crippen molar-refractivity contribution in [3.05, 3.63) is 77.2 Å². The van der Waals surface area contributed by atoms with Gasteiger partial charge in [0.2, 0.25) is 12.8 Å². The summed E-state index contributed by atoms with van der Waals surface area (Å²) in [5.74, 6) is 1.09. The number of carbonyl (C=O) groups is 3. The molecule has 2 rings (SSSR count). The van der Waals surface area contributed by atoms with Crippen LogP contribution in [0.15, 0.2) is 66.6 Å². The highest BCUT2D eigenvalue weighted by molar-refractivity contribution is 6.31. The molecule has 0 aromatic heterocycles. The van der Waals surface area contributed by atoms with Crippen LogP contribution in [0.3, 0.4) is 0 Å². The molecule has 0 radical (unpaired) electrons. The maximum Gasteiger partial charge on any atom is 0.417 e. The predicted molar refractivity (Wildman–Crippen MR) is 199 cm³/mol. The molecule has 0 fully saturated rings. The van der Waals surface area contributed by atoms with Crippen molar-refractivity contribution >= 4 is 42.1 Å². The topological polar surface area (TPSA) is 197 Å². The van der Waals surface area contributed by atoms with Crippen molar-refractivity contribution in [2.24, 2.45) is 17.2 Å². The Hall–Kier alpha value is -4.19. The lowest BCUT2D eigenvalue weighted by Crippen LogP contribution is -2.15. The Bertz CT molecular complexity index is 1290. The first-order valence-electron chi connectivity index (χ1n) is 16.3. The normalized spacial score (nSPS) is 11.2. The lowest BCUT2D eigenvalue weighted by molar-refractivity contribution is -0.137. The van der Waals surface area contributed by atoms with Gasteiger partial charge in [-0.15, -0.1) is 0 Å². The molecule has 0 saturated carbocycles. The smallest absolute Gasteiger partial charge is 0.417 e. The number of halogens is 4. The predicted octanol–water partition coefficient (Wildman–Crippen LogP) is 5.91. The fourth-order valence-electron chi connectivity index (χ4n) is 3.29. The molecular weight excluding hydrogens is 725 g/mol. The number of hydrogen-bond donors (Lipinski definition) is 4. The molecule has 0 aliphatic heterocycles. The monoisotopic (exact) mass is 778 g/mol. The molecule has 2 aromatic carbocycles. The summed E-state index contributed by atoms with van der Waals surface area (Å²) in [5, 5.41) is 2.57. The highest BCUT2D eigenvalue weighted by Gasteiger charge is 2.33. The van der Waals surface area contributed by atoms with Crippen molar-refractivity contribution < 1.29 is 56.0 Å². The third kappa shape index (κ3) is 31.1. The van der Waals surface area contributed by atoms with Gasteiger partial charge in [0.05, 0.1) is 62.4 Å². The fourth-order valence-corrected chi connectivity index (χ4v) is 3.52. The van der Waals surface area contributed by atoms with E-state index < -0.39 is 11.7 Å². The number of allylic oxidation sites excluding steroid dienone is 2. The SMILES string of the molecule is COC(C)(C)C.N/C=C\C(=C/CCCOCCOCCOCCOCCC=O)Oc1ccc(Nc2ccc(Cl)c(C(F)(F)F)c2)cc1.NC=O.NC=O. The Labute approximate surface area is 314 Å². The Morgan fingerprint density at radius 1 is 0.755 bits per heavy atom. The van der Waals surface area contributed by atoms with E-state index >= 15 is 0 Å². The number of amides is 2. The largest absolute Gasteiger partial charge is 0.458 e. The standard InChI is InChI=1S/C29H36ClF3N2O6.C5H12O.2CH3NO/c30-28-10-7-24(22-27(28)29(31,32)33)35-23-5-8-26(9-6-23)41-25(11-12-34)4-1-2-14-37-16-18-39-20-21-40-19-17-38-15-3-13-36;1-5(2,3)6-4;2*2-1-3/h4-13,22,35H,1-3,14-21,34H2;1-4H3;2*1H,(H2,2,3)/b12-11-,25-4+;;;. The Morgan fingerprint density at radius 3 is 1.68 bits per heavy atom. The molecule has 2 aromatic rings. The Balaban J connectivity index is 0. The highest BCUT2D eigenvalue weighted by atomic mass is 35.5. The van der Waals surface area contributed by atoms with Gasteiger partial charge < -0.3 is 55.7 Å². The second-order valence-corrected chi connectivity index (χ2v) is 11.5. The number of carbonyl (C=O) groups excluding carboxylic acids is 3. The van der Waals surface area contributed by atoms with E-state index in [1.54, 1.807) is 37.5 Å². The van der Waals surface area contributed by atoms with Gasteiger partial charge in [-0.1, -0.05) is 11.6 Å². The van der Waals surface area contributed by atoms with Gasteiger partial charge in [0.15, 0.2) is 0 Å². The molecule has 0 aliphatic carbocycles. The lowest BCUT2D eigenvalue weighted by Gasteiger charge is -2.14. The Kier molecular flexibility index (Phi) is 31.2. The average molecular weight is 779 g/mol. The molecule has 300 valence electrons. The third-order valence-corrected chi connectivity index (χ3v) is 6.19. The number of alkyl halides is 3. The van der Waals surface area contributed by atoms with Gasteiger partial charge in [0, 0.05) is 31.5 Å². The van der Waals surface area contributed by atoms with E-state index in [1.807, 2.05) is 26.8 Å². The molecular formula is C36H54ClF3N4O9. The van der Waals surface area contributed by atoms with Gasteiger partial charge in [-0.2, -0.15) is 13.2 Å². The van der Waals surface area contributed by atoms with Crippen molar-refractivity contribution in [1.82, 2.24) is 0 Å². The molecule has 0 aliphatic rings. The minimum Gasteiger partial charge on any atom is -0.458 e. The van der Waals surface area contributed by atoms with Crippen molar-refractivity contribution in [2.75, 3.05) is 65.3 Å². The van der Waals surface area contributed by atoms with Crippen LogP contribution in [0.5, 0.6) is 5.75 Å². The van der Waals surface area contributed by atoms with Crippen LogP contribution in [-0.4, -0.2) is 84.7 Å². The number of methoxy groups -OCH3 is 1. The second-order valence-electron chi connectivity index (χ2n) is 11.0. The third-order valence-electron chi connectivity index (χ3n) is 5.86. The number of unbranched alkanes of at least 4 members (excludes halogenated alkanes) is 1. The first kappa shape index (κ1) is 50.9. The van der Waals surface area contributed by atoms with E-state index in [0.29, 0.717) is 82.9 Å². The summed E-state index contributed by atoms with van der Waals surface area (Å²) in [6, 6.07) is 10.4. The van der Waals surface area contributed by atoms with Crippen molar-refractivity contribution in [3.8, 4) is 5.75 Å². The zero-order valence-electron chi connectivity index (χ0n) is 30.7. The van der Waals surface area contributed by atoms with Crippen LogP contribution in [-0.2, 0) is 44.2 Å². The van der Waals surface area contributed by atoms with E-state index in [9.17, 15) is 18.0 Å². The molecule has 7 N–H and O–H groups in total. The molecule has 0 unspecified atom stereocenters. The van der Waals surface area contributed by atoms with Crippen molar-refractivity contribution in [2.45, 2.75) is 51.8 Å². The molecule has 0 atom stereocenters. The van der Waals surface area contributed by atoms with Gasteiger partial charge in [0.25, 0.3) is 0 Å². The average Bonchev–Trinajstić information content (AvgIpc) is 3.10. The van der Waals surface area contributed by atoms with Gasteiger partial charge in [0.1, 0.15) is 17.8 Å². The second kappa shape index (κ2) is 32.5. The van der Waals surface area contributed by atoms with Crippen molar-refractivity contribution in [1.29, 1.82) is 0 Å². The summed E-state index contributed by atoms with van der Waals surface area (Å²) in [6.45, 7) is 9.79. The summed E-state index contributed by atoms with van der Waals surface area (Å²) in [7, 11) is 1.71. The fraction of sp³-hybridized carbons (Fsp3) is 0.472. The summed E-state index contributed by atoms with van der Waals surface area (Å²) in [6.07, 6.45) is 3.52. The van der Waals surface area contributed by atoms with Crippen LogP contribution < -0.4 is 27.3 Å². The number of hydrogen-bond acceptors (Lipinski definition) is 11. The molecule has 0 spiro atoms. The number of primary amides is 2. The minimum absolute atomic E-state index is 0.0417. The molecule has 0 heterocycles. The van der Waals surface area contributed by atoms with Crippen molar-refractivity contribution in [3.63, 3.8) is 0 Å². The molecule has 17 heteroatoms. The van der Waals surface area contributed by atoms with Crippen LogP contribution >= 0.6 is 11.6 Å². The van der Waals surface area contributed by atoms with E-state index in [-0.39, 0.29) is 29.1 Å². The number of ether oxygens (including phenoxy) is 6. The number of rotatable bonds is 21. The van der Waals surface area contributed by atoms with Gasteiger partial charge >= 0.3 is 6.18 Å². The lowest BCUT2D eigenvalue weighted by atomic mass is 10.2. The molecule has 2 amide bonds. The quantitative estimate of drug-likeness (QED) is 0.0509.